The van der Waals surface area contributed by atoms with Gasteiger partial charge in [0.15, 0.2) is 0 Å². The summed E-state index contributed by atoms with van der Waals surface area (Å²) in [4.78, 5) is 25.2. The first kappa shape index (κ1) is 15.2. The van der Waals surface area contributed by atoms with E-state index in [1.54, 1.807) is 12.4 Å². The predicted molar refractivity (Wildman–Crippen MR) is 94.0 cm³/mol. The molecule has 1 aliphatic rings. The Morgan fingerprint density at radius 1 is 1.09 bits per heavy atom. The maximum Gasteiger partial charge on any atom is 0.255 e. The molecule has 2 heterocycles. The summed E-state index contributed by atoms with van der Waals surface area (Å²) in [5, 5.41) is 0. The number of nitrogens with zero attached hydrogens (tertiary/aromatic N) is 4. The zero-order chi connectivity index (χ0) is 15.5. The van der Waals surface area contributed by atoms with Gasteiger partial charge in [0.25, 0.3) is 5.91 Å². The SMILES string of the molecule is Cc1cccc(C(=O)N2CCN(c3ncccn3)CC2)c1I. The van der Waals surface area contributed by atoms with E-state index in [0.717, 1.165) is 33.7 Å². The fourth-order valence-corrected chi connectivity index (χ4v) is 3.14. The van der Waals surface area contributed by atoms with E-state index in [9.17, 15) is 4.79 Å². The van der Waals surface area contributed by atoms with Gasteiger partial charge in [-0.3, -0.25) is 4.79 Å². The van der Waals surface area contributed by atoms with E-state index in [2.05, 4.69) is 37.5 Å². The van der Waals surface area contributed by atoms with Crippen molar-refractivity contribution in [2.24, 2.45) is 0 Å². The fraction of sp³-hybridized carbons (Fsp3) is 0.312. The molecule has 1 saturated heterocycles. The second kappa shape index (κ2) is 6.60. The molecule has 2 aromatic rings. The van der Waals surface area contributed by atoms with Crippen molar-refractivity contribution in [2.75, 3.05) is 31.1 Å². The molecule has 1 aliphatic heterocycles. The highest BCUT2D eigenvalue weighted by Crippen LogP contribution is 2.19. The first-order valence-corrected chi connectivity index (χ1v) is 8.31. The molecule has 1 aromatic carbocycles. The largest absolute Gasteiger partial charge is 0.337 e. The van der Waals surface area contributed by atoms with Gasteiger partial charge in [0.05, 0.1) is 5.56 Å². The Morgan fingerprint density at radius 2 is 1.77 bits per heavy atom. The number of piperazine rings is 1. The van der Waals surface area contributed by atoms with Crippen LogP contribution in [0.25, 0.3) is 0 Å². The molecule has 0 bridgehead atoms. The second-order valence-corrected chi connectivity index (χ2v) is 6.34. The molecule has 1 aromatic heterocycles. The zero-order valence-electron chi connectivity index (χ0n) is 12.4. The molecule has 5 nitrogen and oxygen atoms in total. The van der Waals surface area contributed by atoms with Crippen molar-refractivity contribution in [1.29, 1.82) is 0 Å². The number of carbonyl (C=O) groups is 1. The van der Waals surface area contributed by atoms with Crippen molar-refractivity contribution in [3.63, 3.8) is 0 Å². The van der Waals surface area contributed by atoms with Gasteiger partial charge in [-0.25, -0.2) is 9.97 Å². The summed E-state index contributed by atoms with van der Waals surface area (Å²) in [7, 11) is 0. The Labute approximate surface area is 143 Å². The number of aryl methyl sites for hydroxylation is 1. The van der Waals surface area contributed by atoms with Crippen LogP contribution in [0.3, 0.4) is 0 Å². The van der Waals surface area contributed by atoms with Crippen LogP contribution in [0.1, 0.15) is 15.9 Å². The standard InChI is InChI=1S/C16H17IN4O/c1-12-4-2-5-13(14(12)17)15(22)20-8-10-21(11-9-20)16-18-6-3-7-19-16/h2-7H,8-11H2,1H3. The van der Waals surface area contributed by atoms with Gasteiger partial charge in [-0.15, -0.1) is 0 Å². The van der Waals surface area contributed by atoms with Gasteiger partial charge in [-0.05, 0) is 47.2 Å². The van der Waals surface area contributed by atoms with E-state index in [1.807, 2.05) is 36.1 Å². The number of aromatic nitrogens is 2. The molecule has 0 saturated carbocycles. The van der Waals surface area contributed by atoms with Gasteiger partial charge in [-0.1, -0.05) is 12.1 Å². The molecule has 0 N–H and O–H groups in total. The average molecular weight is 408 g/mol. The quantitative estimate of drug-likeness (QED) is 0.717. The van der Waals surface area contributed by atoms with E-state index in [0.29, 0.717) is 13.1 Å². The molecule has 0 spiro atoms. The Hall–Kier alpha value is -1.70. The number of benzene rings is 1. The molecule has 0 aliphatic carbocycles. The molecule has 22 heavy (non-hydrogen) atoms. The number of halogens is 1. The number of rotatable bonds is 2. The lowest BCUT2D eigenvalue weighted by Gasteiger charge is -2.34. The van der Waals surface area contributed by atoms with Crippen LogP contribution in [0.15, 0.2) is 36.7 Å². The predicted octanol–water partition coefficient (Wildman–Crippen LogP) is 2.35. The molecule has 0 unspecified atom stereocenters. The van der Waals surface area contributed by atoms with Crippen LogP contribution in [0, 0.1) is 10.5 Å². The molecular weight excluding hydrogens is 391 g/mol. The van der Waals surface area contributed by atoms with Gasteiger partial charge in [0, 0.05) is 42.1 Å². The highest BCUT2D eigenvalue weighted by Gasteiger charge is 2.24. The Morgan fingerprint density at radius 3 is 2.45 bits per heavy atom. The van der Waals surface area contributed by atoms with Gasteiger partial charge >= 0.3 is 0 Å². The average Bonchev–Trinajstić information content (AvgIpc) is 2.58. The first-order chi connectivity index (χ1) is 10.7. The number of hydrogen-bond acceptors (Lipinski definition) is 4. The highest BCUT2D eigenvalue weighted by molar-refractivity contribution is 14.1. The minimum absolute atomic E-state index is 0.113. The van der Waals surface area contributed by atoms with Crippen LogP contribution < -0.4 is 4.90 Å². The summed E-state index contributed by atoms with van der Waals surface area (Å²) in [6.45, 7) is 4.95. The first-order valence-electron chi connectivity index (χ1n) is 7.23. The molecule has 114 valence electrons. The molecule has 6 heteroatoms. The Bertz CT molecular complexity index is 669. The third kappa shape index (κ3) is 3.06. The number of carbonyl (C=O) groups excluding carboxylic acids is 1. The lowest BCUT2D eigenvalue weighted by Crippen LogP contribution is -2.49. The lowest BCUT2D eigenvalue weighted by atomic mass is 10.1. The third-order valence-corrected chi connectivity index (χ3v) is 5.26. The van der Waals surface area contributed by atoms with Crippen LogP contribution in [-0.2, 0) is 0 Å². The van der Waals surface area contributed by atoms with Crippen molar-refractivity contribution >= 4 is 34.4 Å². The van der Waals surface area contributed by atoms with Crippen molar-refractivity contribution < 1.29 is 4.79 Å². The van der Waals surface area contributed by atoms with Gasteiger partial charge < -0.3 is 9.80 Å². The van der Waals surface area contributed by atoms with E-state index in [4.69, 9.17) is 0 Å². The van der Waals surface area contributed by atoms with Crippen LogP contribution in [0.2, 0.25) is 0 Å². The summed E-state index contributed by atoms with van der Waals surface area (Å²) >= 11 is 2.25. The van der Waals surface area contributed by atoms with Crippen LogP contribution in [-0.4, -0.2) is 47.0 Å². The topological polar surface area (TPSA) is 49.3 Å². The van der Waals surface area contributed by atoms with Crippen molar-refractivity contribution in [3.8, 4) is 0 Å². The summed E-state index contributed by atoms with van der Waals surface area (Å²) < 4.78 is 1.04. The van der Waals surface area contributed by atoms with Gasteiger partial charge in [0.2, 0.25) is 5.95 Å². The maximum atomic E-state index is 12.7. The van der Waals surface area contributed by atoms with Crippen LogP contribution in [0.5, 0.6) is 0 Å². The molecule has 1 amide bonds. The normalized spacial score (nSPS) is 15.0. The second-order valence-electron chi connectivity index (χ2n) is 5.26. The zero-order valence-corrected chi connectivity index (χ0v) is 14.5. The molecule has 0 atom stereocenters. The summed E-state index contributed by atoms with van der Waals surface area (Å²) in [6.07, 6.45) is 3.49. The summed E-state index contributed by atoms with van der Waals surface area (Å²) in [6, 6.07) is 7.69. The number of anilines is 1. The van der Waals surface area contributed by atoms with Crippen LogP contribution >= 0.6 is 22.6 Å². The molecular formula is C16H17IN4O. The third-order valence-electron chi connectivity index (χ3n) is 3.82. The lowest BCUT2D eigenvalue weighted by molar-refractivity contribution is 0.0745. The fourth-order valence-electron chi connectivity index (χ4n) is 2.55. The molecule has 1 fully saturated rings. The van der Waals surface area contributed by atoms with Gasteiger partial charge in [0.1, 0.15) is 0 Å². The summed E-state index contributed by atoms with van der Waals surface area (Å²) in [5.41, 5.74) is 1.94. The molecule has 0 radical (unpaired) electrons. The Kier molecular flexibility index (Phi) is 4.56. The van der Waals surface area contributed by atoms with E-state index in [1.165, 1.54) is 0 Å². The van der Waals surface area contributed by atoms with E-state index >= 15 is 0 Å². The summed E-state index contributed by atoms with van der Waals surface area (Å²) in [5.74, 6) is 0.849. The maximum absolute atomic E-state index is 12.7. The van der Waals surface area contributed by atoms with Gasteiger partial charge in [-0.2, -0.15) is 0 Å². The van der Waals surface area contributed by atoms with E-state index in [-0.39, 0.29) is 5.91 Å². The van der Waals surface area contributed by atoms with Crippen LogP contribution in [0.4, 0.5) is 5.95 Å². The monoisotopic (exact) mass is 408 g/mol. The van der Waals surface area contributed by atoms with E-state index < -0.39 is 0 Å². The number of hydrogen-bond donors (Lipinski definition) is 0. The van der Waals surface area contributed by atoms with Crippen molar-refractivity contribution in [1.82, 2.24) is 14.9 Å². The Balaban J connectivity index is 1.69. The number of amides is 1. The smallest absolute Gasteiger partial charge is 0.255 e. The molecule has 3 rings (SSSR count). The van der Waals surface area contributed by atoms with Crippen molar-refractivity contribution in [3.05, 3.63) is 51.4 Å². The van der Waals surface area contributed by atoms with Crippen molar-refractivity contribution in [2.45, 2.75) is 6.92 Å². The highest BCUT2D eigenvalue weighted by atomic mass is 127. The minimum atomic E-state index is 0.113. The minimum Gasteiger partial charge on any atom is -0.337 e.